The summed E-state index contributed by atoms with van der Waals surface area (Å²) in [6.07, 6.45) is 0.462. The molecule has 1 N–H and O–H groups in total. The SMILES string of the molecule is CC1CCC(NCCOCC(F)(F)F)CC1. The third-order valence-corrected chi connectivity index (χ3v) is 2.96. The summed E-state index contributed by atoms with van der Waals surface area (Å²) < 4.78 is 39.7. The monoisotopic (exact) mass is 239 g/mol. The highest BCUT2D eigenvalue weighted by Gasteiger charge is 2.27. The maximum atomic E-state index is 11.7. The van der Waals surface area contributed by atoms with Crippen molar-refractivity contribution >= 4 is 0 Å². The third kappa shape index (κ3) is 6.33. The molecule has 5 heteroatoms. The summed E-state index contributed by atoms with van der Waals surface area (Å²) in [6.45, 7) is 1.74. The van der Waals surface area contributed by atoms with Crippen LogP contribution in [0, 0.1) is 5.92 Å². The molecule has 1 fully saturated rings. The normalized spacial score (nSPS) is 27.0. The van der Waals surface area contributed by atoms with Crippen LogP contribution < -0.4 is 5.32 Å². The van der Waals surface area contributed by atoms with Crippen LogP contribution in [0.5, 0.6) is 0 Å². The van der Waals surface area contributed by atoms with Crippen molar-refractivity contribution in [3.8, 4) is 0 Å². The van der Waals surface area contributed by atoms with E-state index >= 15 is 0 Å². The molecule has 0 saturated heterocycles. The zero-order valence-electron chi connectivity index (χ0n) is 9.65. The van der Waals surface area contributed by atoms with Crippen LogP contribution in [0.1, 0.15) is 32.6 Å². The standard InChI is InChI=1S/C11H20F3NO/c1-9-2-4-10(5-3-9)15-6-7-16-8-11(12,13)14/h9-10,15H,2-8H2,1H3. The maximum absolute atomic E-state index is 11.7. The molecule has 0 unspecified atom stereocenters. The summed E-state index contributed by atoms with van der Waals surface area (Å²) in [6, 6.07) is 0.464. The zero-order chi connectivity index (χ0) is 12.0. The van der Waals surface area contributed by atoms with Gasteiger partial charge in [0, 0.05) is 12.6 Å². The zero-order valence-corrected chi connectivity index (χ0v) is 9.65. The molecular weight excluding hydrogens is 219 g/mol. The number of nitrogens with one attached hydrogen (secondary N) is 1. The number of ether oxygens (including phenoxy) is 1. The first kappa shape index (κ1) is 13.8. The molecule has 1 saturated carbocycles. The van der Waals surface area contributed by atoms with Crippen LogP contribution in [0.4, 0.5) is 13.2 Å². The second kappa shape index (κ2) is 6.45. The average Bonchev–Trinajstić information content (AvgIpc) is 2.19. The molecule has 0 bridgehead atoms. The molecule has 0 amide bonds. The van der Waals surface area contributed by atoms with Crippen LogP contribution >= 0.6 is 0 Å². The van der Waals surface area contributed by atoms with Crippen LogP contribution in [-0.2, 0) is 4.74 Å². The first-order chi connectivity index (χ1) is 7.47. The lowest BCUT2D eigenvalue weighted by molar-refractivity contribution is -0.173. The van der Waals surface area contributed by atoms with Gasteiger partial charge in [-0.05, 0) is 31.6 Å². The van der Waals surface area contributed by atoms with Crippen molar-refractivity contribution in [2.24, 2.45) is 5.92 Å². The van der Waals surface area contributed by atoms with Crippen LogP contribution in [0.3, 0.4) is 0 Å². The van der Waals surface area contributed by atoms with Crippen LogP contribution in [0.2, 0.25) is 0 Å². The Morgan fingerprint density at radius 2 is 1.81 bits per heavy atom. The molecule has 0 heterocycles. The van der Waals surface area contributed by atoms with Gasteiger partial charge in [-0.2, -0.15) is 13.2 Å². The fraction of sp³-hybridized carbons (Fsp3) is 1.00. The molecule has 1 rings (SSSR count). The van der Waals surface area contributed by atoms with Crippen molar-refractivity contribution in [3.63, 3.8) is 0 Å². The summed E-state index contributed by atoms with van der Waals surface area (Å²) in [5.74, 6) is 0.791. The molecule has 0 radical (unpaired) electrons. The Balaban J connectivity index is 1.95. The first-order valence-electron chi connectivity index (χ1n) is 5.85. The van der Waals surface area contributed by atoms with Crippen LogP contribution in [-0.4, -0.2) is 32.0 Å². The van der Waals surface area contributed by atoms with Gasteiger partial charge in [-0.25, -0.2) is 0 Å². The molecule has 0 aromatic heterocycles. The number of alkyl halides is 3. The van der Waals surface area contributed by atoms with Crippen molar-refractivity contribution in [2.75, 3.05) is 19.8 Å². The fourth-order valence-corrected chi connectivity index (χ4v) is 1.99. The minimum atomic E-state index is -4.21. The molecule has 0 aliphatic heterocycles. The van der Waals surface area contributed by atoms with Gasteiger partial charge >= 0.3 is 6.18 Å². The van der Waals surface area contributed by atoms with E-state index in [1.54, 1.807) is 0 Å². The summed E-state index contributed by atoms with van der Waals surface area (Å²) >= 11 is 0. The second-order valence-corrected chi connectivity index (χ2v) is 4.58. The van der Waals surface area contributed by atoms with Crippen LogP contribution in [0.25, 0.3) is 0 Å². The second-order valence-electron chi connectivity index (χ2n) is 4.58. The van der Waals surface area contributed by atoms with Crippen molar-refractivity contribution in [1.82, 2.24) is 5.32 Å². The molecule has 0 spiro atoms. The predicted octanol–water partition coefficient (Wildman–Crippen LogP) is 2.73. The lowest BCUT2D eigenvalue weighted by atomic mass is 9.87. The molecule has 96 valence electrons. The maximum Gasteiger partial charge on any atom is 0.411 e. The Hall–Kier alpha value is -0.290. The lowest BCUT2D eigenvalue weighted by Crippen LogP contribution is -2.35. The van der Waals surface area contributed by atoms with Crippen LogP contribution in [0.15, 0.2) is 0 Å². The highest BCUT2D eigenvalue weighted by atomic mass is 19.4. The third-order valence-electron chi connectivity index (χ3n) is 2.96. The smallest absolute Gasteiger partial charge is 0.371 e. The minimum Gasteiger partial charge on any atom is -0.371 e. The van der Waals surface area contributed by atoms with Gasteiger partial charge in [-0.3, -0.25) is 0 Å². The van der Waals surface area contributed by atoms with E-state index in [2.05, 4.69) is 17.0 Å². The number of rotatable bonds is 5. The quantitative estimate of drug-likeness (QED) is 0.745. The molecule has 0 aromatic carbocycles. The summed E-state index contributed by atoms with van der Waals surface area (Å²) in [7, 11) is 0. The van der Waals surface area contributed by atoms with Crippen molar-refractivity contribution in [3.05, 3.63) is 0 Å². The van der Waals surface area contributed by atoms with Crippen molar-refractivity contribution in [2.45, 2.75) is 44.8 Å². The number of hydrogen-bond donors (Lipinski definition) is 1. The minimum absolute atomic E-state index is 0.131. The summed E-state index contributed by atoms with van der Waals surface area (Å²) in [5.41, 5.74) is 0. The Bertz CT molecular complexity index is 188. The van der Waals surface area contributed by atoms with Crippen molar-refractivity contribution < 1.29 is 17.9 Å². The van der Waals surface area contributed by atoms with Gasteiger partial charge < -0.3 is 10.1 Å². The number of halogens is 3. The van der Waals surface area contributed by atoms with Gasteiger partial charge in [0.1, 0.15) is 6.61 Å². The van der Waals surface area contributed by atoms with E-state index < -0.39 is 12.8 Å². The molecule has 0 atom stereocenters. The average molecular weight is 239 g/mol. The Kier molecular flexibility index (Phi) is 5.55. The molecule has 2 nitrogen and oxygen atoms in total. The van der Waals surface area contributed by atoms with E-state index in [0.717, 1.165) is 18.8 Å². The van der Waals surface area contributed by atoms with E-state index in [1.807, 2.05) is 0 Å². The Labute approximate surface area is 94.5 Å². The van der Waals surface area contributed by atoms with E-state index in [-0.39, 0.29) is 6.61 Å². The Morgan fingerprint density at radius 1 is 1.19 bits per heavy atom. The molecular formula is C11H20F3NO. The molecule has 1 aliphatic rings. The van der Waals surface area contributed by atoms with Gasteiger partial charge in [-0.15, -0.1) is 0 Å². The van der Waals surface area contributed by atoms with E-state index in [4.69, 9.17) is 0 Å². The van der Waals surface area contributed by atoms with Gasteiger partial charge in [-0.1, -0.05) is 6.92 Å². The Morgan fingerprint density at radius 3 is 2.38 bits per heavy atom. The fourth-order valence-electron chi connectivity index (χ4n) is 1.99. The number of hydrogen-bond acceptors (Lipinski definition) is 2. The summed E-state index contributed by atoms with van der Waals surface area (Å²) in [5, 5.41) is 3.24. The first-order valence-corrected chi connectivity index (χ1v) is 5.85. The van der Waals surface area contributed by atoms with E-state index in [9.17, 15) is 13.2 Å². The largest absolute Gasteiger partial charge is 0.411 e. The molecule has 1 aliphatic carbocycles. The predicted molar refractivity (Wildman–Crippen MR) is 56.3 cm³/mol. The van der Waals surface area contributed by atoms with Gasteiger partial charge in [0.2, 0.25) is 0 Å². The molecule has 16 heavy (non-hydrogen) atoms. The molecule has 0 aromatic rings. The summed E-state index contributed by atoms with van der Waals surface area (Å²) in [4.78, 5) is 0. The van der Waals surface area contributed by atoms with Gasteiger partial charge in [0.25, 0.3) is 0 Å². The highest BCUT2D eigenvalue weighted by Crippen LogP contribution is 2.23. The van der Waals surface area contributed by atoms with Gasteiger partial charge in [0.15, 0.2) is 0 Å². The van der Waals surface area contributed by atoms with E-state index in [1.165, 1.54) is 12.8 Å². The van der Waals surface area contributed by atoms with E-state index in [0.29, 0.717) is 12.6 Å². The highest BCUT2D eigenvalue weighted by molar-refractivity contribution is 4.74. The lowest BCUT2D eigenvalue weighted by Gasteiger charge is -2.27. The topological polar surface area (TPSA) is 21.3 Å². The van der Waals surface area contributed by atoms with Gasteiger partial charge in [0.05, 0.1) is 6.61 Å². The van der Waals surface area contributed by atoms with Crippen molar-refractivity contribution in [1.29, 1.82) is 0 Å².